The third-order valence-corrected chi connectivity index (χ3v) is 4.15. The first-order valence-corrected chi connectivity index (χ1v) is 7.95. The summed E-state index contributed by atoms with van der Waals surface area (Å²) < 4.78 is 1.40. The van der Waals surface area contributed by atoms with Gasteiger partial charge in [-0.15, -0.1) is 0 Å². The Labute approximate surface area is 152 Å². The summed E-state index contributed by atoms with van der Waals surface area (Å²) in [6, 6.07) is 14.6. The van der Waals surface area contributed by atoms with Crippen molar-refractivity contribution in [2.24, 2.45) is 0 Å². The van der Waals surface area contributed by atoms with Crippen molar-refractivity contribution in [2.75, 3.05) is 0 Å². The number of fused-ring (bicyclic) bond motifs is 1. The summed E-state index contributed by atoms with van der Waals surface area (Å²) in [6.07, 6.45) is 1.53. The third-order valence-electron chi connectivity index (χ3n) is 3.83. The lowest BCUT2D eigenvalue weighted by Crippen LogP contribution is -2.32. The molecule has 0 spiro atoms. The first-order valence-electron chi connectivity index (χ1n) is 7.57. The lowest BCUT2D eigenvalue weighted by atomic mass is 10.1. The van der Waals surface area contributed by atoms with Gasteiger partial charge in [0.05, 0.1) is 21.8 Å². The molecule has 8 heteroatoms. The molecule has 2 amide bonds. The van der Waals surface area contributed by atoms with Crippen LogP contribution < -0.4 is 0 Å². The second-order valence-electron chi connectivity index (χ2n) is 5.43. The van der Waals surface area contributed by atoms with Crippen molar-refractivity contribution < 1.29 is 19.2 Å². The Bertz CT molecular complexity index is 1020. The number of hydrogen-bond acceptors (Lipinski definition) is 5. The number of aromatic nitrogens is 2. The van der Waals surface area contributed by atoms with Crippen molar-refractivity contribution in [1.29, 1.82) is 0 Å². The smallest absolute Gasteiger partial charge is 0.322 e. The van der Waals surface area contributed by atoms with Gasteiger partial charge in [-0.25, -0.2) is 9.48 Å². The summed E-state index contributed by atoms with van der Waals surface area (Å²) in [5, 5.41) is 4.99. The SMILES string of the molecule is O=C(ON1C(=O)c2ccccc2C1=O)c1ccn(-c2ccccc2Cl)n1. The molecule has 0 saturated heterocycles. The van der Waals surface area contributed by atoms with Gasteiger partial charge in [0.15, 0.2) is 5.69 Å². The van der Waals surface area contributed by atoms with E-state index in [-0.39, 0.29) is 16.8 Å². The minimum absolute atomic E-state index is 0.0681. The molecule has 7 nitrogen and oxygen atoms in total. The number of imide groups is 1. The number of hydroxylamine groups is 2. The van der Waals surface area contributed by atoms with Crippen LogP contribution in [0.25, 0.3) is 5.69 Å². The summed E-state index contributed by atoms with van der Waals surface area (Å²) in [5.74, 6) is -2.31. The number of benzene rings is 2. The molecule has 0 N–H and O–H groups in total. The summed E-state index contributed by atoms with van der Waals surface area (Å²) in [4.78, 5) is 41.7. The highest BCUT2D eigenvalue weighted by Gasteiger charge is 2.39. The lowest BCUT2D eigenvalue weighted by Gasteiger charge is -2.11. The van der Waals surface area contributed by atoms with E-state index in [0.29, 0.717) is 15.8 Å². The van der Waals surface area contributed by atoms with Crippen LogP contribution in [0.3, 0.4) is 0 Å². The number of para-hydroxylation sites is 1. The minimum Gasteiger partial charge on any atom is -0.322 e. The molecular weight excluding hydrogens is 358 g/mol. The van der Waals surface area contributed by atoms with Crippen LogP contribution in [-0.2, 0) is 4.84 Å². The molecule has 0 bridgehead atoms. The fourth-order valence-corrected chi connectivity index (χ4v) is 2.81. The van der Waals surface area contributed by atoms with E-state index in [9.17, 15) is 14.4 Å². The molecule has 4 rings (SSSR count). The molecule has 2 aromatic carbocycles. The number of halogens is 1. The maximum atomic E-state index is 12.3. The topological polar surface area (TPSA) is 81.5 Å². The molecule has 128 valence electrons. The van der Waals surface area contributed by atoms with E-state index in [1.807, 2.05) is 0 Å². The summed E-state index contributed by atoms with van der Waals surface area (Å²) >= 11 is 6.10. The zero-order chi connectivity index (χ0) is 18.3. The van der Waals surface area contributed by atoms with Gasteiger partial charge in [0.25, 0.3) is 11.8 Å². The van der Waals surface area contributed by atoms with Gasteiger partial charge in [-0.3, -0.25) is 9.59 Å². The van der Waals surface area contributed by atoms with Crippen LogP contribution >= 0.6 is 11.6 Å². The fourth-order valence-electron chi connectivity index (χ4n) is 2.58. The van der Waals surface area contributed by atoms with E-state index >= 15 is 0 Å². The van der Waals surface area contributed by atoms with Gasteiger partial charge in [0, 0.05) is 6.20 Å². The normalized spacial score (nSPS) is 13.0. The zero-order valence-corrected chi connectivity index (χ0v) is 13.9. The van der Waals surface area contributed by atoms with Crippen LogP contribution in [0.4, 0.5) is 0 Å². The minimum atomic E-state index is -0.926. The second kappa shape index (κ2) is 6.12. The van der Waals surface area contributed by atoms with Gasteiger partial charge in [-0.2, -0.15) is 5.10 Å². The van der Waals surface area contributed by atoms with Crippen LogP contribution in [0.15, 0.2) is 60.8 Å². The molecule has 1 aliphatic heterocycles. The molecule has 0 saturated carbocycles. The molecule has 0 unspecified atom stereocenters. The van der Waals surface area contributed by atoms with Gasteiger partial charge in [-0.1, -0.05) is 40.9 Å². The Hall–Kier alpha value is -3.45. The number of amides is 2. The largest absolute Gasteiger partial charge is 0.384 e. The Morgan fingerprint density at radius 3 is 2.19 bits per heavy atom. The van der Waals surface area contributed by atoms with E-state index in [2.05, 4.69) is 5.10 Å². The number of hydrogen-bond donors (Lipinski definition) is 0. The van der Waals surface area contributed by atoms with Crippen molar-refractivity contribution in [3.63, 3.8) is 0 Å². The lowest BCUT2D eigenvalue weighted by molar-refractivity contribution is -0.0588. The van der Waals surface area contributed by atoms with E-state index in [4.69, 9.17) is 16.4 Å². The number of nitrogens with zero attached hydrogens (tertiary/aromatic N) is 3. The zero-order valence-electron chi connectivity index (χ0n) is 13.1. The first kappa shape index (κ1) is 16.0. The van der Waals surface area contributed by atoms with Crippen LogP contribution in [-0.4, -0.2) is 32.6 Å². The predicted molar refractivity (Wildman–Crippen MR) is 90.9 cm³/mol. The first-order chi connectivity index (χ1) is 12.6. The quantitative estimate of drug-likeness (QED) is 0.665. The standard InChI is InChI=1S/C18H10ClN3O4/c19-13-7-3-4-8-15(13)21-10-9-14(20-21)18(25)26-22-16(23)11-5-1-2-6-12(11)17(22)24/h1-10H. The van der Waals surface area contributed by atoms with E-state index < -0.39 is 17.8 Å². The predicted octanol–water partition coefficient (Wildman–Crippen LogP) is 2.89. The van der Waals surface area contributed by atoms with Crippen molar-refractivity contribution in [2.45, 2.75) is 0 Å². The molecular formula is C18H10ClN3O4. The van der Waals surface area contributed by atoms with Crippen LogP contribution in [0.5, 0.6) is 0 Å². The summed E-state index contributed by atoms with van der Waals surface area (Å²) in [5.41, 5.74) is 0.884. The summed E-state index contributed by atoms with van der Waals surface area (Å²) in [6.45, 7) is 0. The molecule has 26 heavy (non-hydrogen) atoms. The van der Waals surface area contributed by atoms with Gasteiger partial charge >= 0.3 is 5.97 Å². The Kier molecular flexibility index (Phi) is 3.78. The number of rotatable bonds is 3. The molecule has 0 radical (unpaired) electrons. The van der Waals surface area contributed by atoms with E-state index in [1.165, 1.54) is 29.1 Å². The Balaban J connectivity index is 1.56. The highest BCUT2D eigenvalue weighted by molar-refractivity contribution is 6.32. The maximum Gasteiger partial charge on any atom is 0.384 e. The average molecular weight is 368 g/mol. The van der Waals surface area contributed by atoms with Crippen LogP contribution in [0.2, 0.25) is 5.02 Å². The van der Waals surface area contributed by atoms with Crippen molar-refractivity contribution in [1.82, 2.24) is 14.8 Å². The van der Waals surface area contributed by atoms with E-state index in [0.717, 1.165) is 0 Å². The fraction of sp³-hybridized carbons (Fsp3) is 0. The highest BCUT2D eigenvalue weighted by atomic mass is 35.5. The second-order valence-corrected chi connectivity index (χ2v) is 5.83. The molecule has 0 aliphatic carbocycles. The van der Waals surface area contributed by atoms with Gasteiger partial charge in [-0.05, 0) is 30.3 Å². The monoisotopic (exact) mass is 367 g/mol. The van der Waals surface area contributed by atoms with Crippen LogP contribution in [0.1, 0.15) is 31.2 Å². The Morgan fingerprint density at radius 1 is 0.923 bits per heavy atom. The molecule has 2 heterocycles. The van der Waals surface area contributed by atoms with Crippen molar-refractivity contribution >= 4 is 29.4 Å². The van der Waals surface area contributed by atoms with Gasteiger partial charge in [0.1, 0.15) is 0 Å². The molecule has 1 aromatic heterocycles. The van der Waals surface area contributed by atoms with Crippen molar-refractivity contribution in [3.8, 4) is 5.69 Å². The van der Waals surface area contributed by atoms with Gasteiger partial charge < -0.3 is 4.84 Å². The average Bonchev–Trinajstić information content (AvgIpc) is 3.23. The third kappa shape index (κ3) is 2.55. The maximum absolute atomic E-state index is 12.3. The molecule has 3 aromatic rings. The Morgan fingerprint density at radius 2 is 1.54 bits per heavy atom. The van der Waals surface area contributed by atoms with Gasteiger partial charge in [0.2, 0.25) is 0 Å². The van der Waals surface area contributed by atoms with Crippen molar-refractivity contribution in [3.05, 3.63) is 82.6 Å². The molecule has 0 atom stereocenters. The van der Waals surface area contributed by atoms with E-state index in [1.54, 1.807) is 36.4 Å². The number of carbonyl (C=O) groups excluding carboxylic acids is 3. The van der Waals surface area contributed by atoms with Crippen LogP contribution in [0, 0.1) is 0 Å². The molecule has 0 fully saturated rings. The highest BCUT2D eigenvalue weighted by Crippen LogP contribution is 2.23. The number of carbonyl (C=O) groups is 3. The molecule has 1 aliphatic rings. The summed E-state index contributed by atoms with van der Waals surface area (Å²) in [7, 11) is 0.